The number of unbranched alkanes of at least 4 members (excludes halogenated alkanes) is 7. The lowest BCUT2D eigenvalue weighted by atomic mass is 10.1. The van der Waals surface area contributed by atoms with Crippen molar-refractivity contribution in [2.75, 3.05) is 0 Å². The summed E-state index contributed by atoms with van der Waals surface area (Å²) in [6, 6.07) is 0. The van der Waals surface area contributed by atoms with Crippen LogP contribution in [0, 0.1) is 0 Å². The summed E-state index contributed by atoms with van der Waals surface area (Å²) in [5.74, 6) is 0. The minimum Gasteiger partial charge on any atom is -0.130 e. The molecule has 3 atom stereocenters. The molecule has 0 spiro atoms. The summed E-state index contributed by atoms with van der Waals surface area (Å²) < 4.78 is 0. The molecular weight excluding hydrogens is 283 g/mol. The quantitative estimate of drug-likeness (QED) is 0.279. The molecule has 0 aromatic rings. The van der Waals surface area contributed by atoms with Gasteiger partial charge in [0.05, 0.1) is 5.53 Å². The highest BCUT2D eigenvalue weighted by atomic mass is 33.4. The number of hydrogen-bond donors (Lipinski definition) is 1. The minimum absolute atomic E-state index is 0.0504. The van der Waals surface area contributed by atoms with Crippen LogP contribution in [0.15, 0.2) is 0 Å². The Bertz CT molecular complexity index is 190. The third-order valence-electron chi connectivity index (χ3n) is 3.35. The molecule has 0 amide bonds. The Kier molecular flexibility index (Phi) is 10.0. The van der Waals surface area contributed by atoms with Gasteiger partial charge in [-0.25, -0.2) is 0 Å². The van der Waals surface area contributed by atoms with E-state index in [1.807, 2.05) is 0 Å². The van der Waals surface area contributed by atoms with Gasteiger partial charge in [0.2, 0.25) is 0 Å². The van der Waals surface area contributed by atoms with Gasteiger partial charge in [0, 0.05) is 10.5 Å². The van der Waals surface area contributed by atoms with Gasteiger partial charge in [-0.2, -0.15) is 0 Å². The molecule has 0 radical (unpaired) electrons. The van der Waals surface area contributed by atoms with E-state index >= 15 is 0 Å². The van der Waals surface area contributed by atoms with Crippen LogP contribution in [0.3, 0.4) is 0 Å². The summed E-state index contributed by atoms with van der Waals surface area (Å²) in [7, 11) is 0. The van der Waals surface area contributed by atoms with Crippen molar-refractivity contribution < 1.29 is 0 Å². The maximum atomic E-state index is 4.61. The van der Waals surface area contributed by atoms with Crippen LogP contribution in [0.25, 0.3) is 0 Å². The molecule has 1 aliphatic rings. The van der Waals surface area contributed by atoms with Crippen molar-refractivity contribution in [3.63, 3.8) is 0 Å². The van der Waals surface area contributed by atoms with Gasteiger partial charge in [0.25, 0.3) is 0 Å². The van der Waals surface area contributed by atoms with E-state index in [-0.39, 0.29) is 5.53 Å². The topological polar surface area (TPSA) is 0 Å². The second-order valence-electron chi connectivity index (χ2n) is 4.96. The first-order chi connectivity index (χ1) is 8.24. The Hall–Kier alpha value is 1.48. The van der Waals surface area contributed by atoms with E-state index in [1.54, 1.807) is 0 Å². The molecule has 0 N–H and O–H groups in total. The van der Waals surface area contributed by atoms with Crippen molar-refractivity contribution in [3.05, 3.63) is 0 Å². The van der Waals surface area contributed by atoms with Gasteiger partial charge in [-0.05, 0) is 6.42 Å². The third-order valence-corrected chi connectivity index (χ3v) is 11.6. The summed E-state index contributed by atoms with van der Waals surface area (Å²) in [6.45, 7) is 4.67. The van der Waals surface area contributed by atoms with E-state index in [0.29, 0.717) is 0 Å². The average molecular weight is 311 g/mol. The number of thiol groups is 1. The van der Waals surface area contributed by atoms with E-state index in [9.17, 15) is 0 Å². The molecular formula is C13H27PS3. The second-order valence-corrected chi connectivity index (χ2v) is 14.2. The van der Waals surface area contributed by atoms with Crippen molar-refractivity contribution in [1.82, 2.24) is 0 Å². The molecule has 1 fully saturated rings. The van der Waals surface area contributed by atoms with Gasteiger partial charge in [-0.3, -0.25) is 0 Å². The number of hydrogen-bond acceptors (Lipinski definition) is 3. The monoisotopic (exact) mass is 310 g/mol. The van der Waals surface area contributed by atoms with Crippen molar-refractivity contribution in [1.29, 1.82) is 0 Å². The third kappa shape index (κ3) is 7.60. The zero-order valence-corrected chi connectivity index (χ0v) is 14.7. The van der Waals surface area contributed by atoms with Crippen LogP contribution in [0.2, 0.25) is 0 Å². The van der Waals surface area contributed by atoms with Crippen molar-refractivity contribution >= 4 is 40.5 Å². The molecule has 0 aromatic carbocycles. The van der Waals surface area contributed by atoms with Crippen molar-refractivity contribution in [2.45, 2.75) is 82.1 Å². The summed E-state index contributed by atoms with van der Waals surface area (Å²) in [5, 5.41) is 1.73. The first-order valence-electron chi connectivity index (χ1n) is 7.06. The maximum Gasteiger partial charge on any atom is 0.0703 e. The van der Waals surface area contributed by atoms with Crippen molar-refractivity contribution in [3.8, 4) is 0 Å². The first-order valence-corrected chi connectivity index (χ1v) is 12.5. The zero-order valence-electron chi connectivity index (χ0n) is 11.2. The number of rotatable bonds is 9. The minimum atomic E-state index is -0.0504. The van der Waals surface area contributed by atoms with Gasteiger partial charge in [-0.15, -0.1) is 35.0 Å². The van der Waals surface area contributed by atoms with Crippen LogP contribution in [0.4, 0.5) is 0 Å². The van der Waals surface area contributed by atoms with E-state index in [4.69, 9.17) is 0 Å². The molecule has 1 aliphatic heterocycles. The van der Waals surface area contributed by atoms with Crippen molar-refractivity contribution in [2.24, 2.45) is 0 Å². The predicted octanol–water partition coefficient (Wildman–Crippen LogP) is 6.91. The van der Waals surface area contributed by atoms with E-state index in [0.717, 1.165) is 10.5 Å². The van der Waals surface area contributed by atoms with Gasteiger partial charge in [0.1, 0.15) is 0 Å². The summed E-state index contributed by atoms with van der Waals surface area (Å²) in [5.41, 5.74) is -0.0504. The highest BCUT2D eigenvalue weighted by Gasteiger charge is 2.30. The average Bonchev–Trinajstić information content (AvgIpc) is 2.61. The molecule has 17 heavy (non-hydrogen) atoms. The Labute approximate surface area is 122 Å². The SMILES string of the molecule is CCCCCCCCCCC1SP(S)SC1C. The molecule has 102 valence electrons. The van der Waals surface area contributed by atoms with Gasteiger partial charge in [0.15, 0.2) is 0 Å². The summed E-state index contributed by atoms with van der Waals surface area (Å²) in [4.78, 5) is 0. The van der Waals surface area contributed by atoms with Crippen LogP contribution < -0.4 is 0 Å². The molecule has 0 nitrogen and oxygen atoms in total. The smallest absolute Gasteiger partial charge is 0.0703 e. The molecule has 1 rings (SSSR count). The van der Waals surface area contributed by atoms with Gasteiger partial charge in [-0.1, -0.05) is 65.2 Å². The van der Waals surface area contributed by atoms with Crippen LogP contribution in [0.5, 0.6) is 0 Å². The fourth-order valence-electron chi connectivity index (χ4n) is 2.20. The molecule has 0 aromatic heterocycles. The van der Waals surface area contributed by atoms with E-state index < -0.39 is 0 Å². The van der Waals surface area contributed by atoms with E-state index in [1.165, 1.54) is 57.8 Å². The normalized spacial score (nSPS) is 28.8. The highest BCUT2D eigenvalue weighted by Crippen LogP contribution is 2.74. The van der Waals surface area contributed by atoms with Gasteiger partial charge < -0.3 is 0 Å². The Morgan fingerprint density at radius 1 is 0.941 bits per heavy atom. The molecule has 0 saturated carbocycles. The molecule has 4 heteroatoms. The molecule has 1 heterocycles. The predicted molar refractivity (Wildman–Crippen MR) is 91.6 cm³/mol. The first kappa shape index (κ1) is 16.5. The van der Waals surface area contributed by atoms with E-state index in [2.05, 4.69) is 48.9 Å². The molecule has 0 bridgehead atoms. The standard InChI is InChI=1S/C13H27PS3/c1-3-4-5-6-7-8-9-10-11-13-12(2)16-14(15)17-13/h12-13,15H,3-11H2,1-2H3. The lowest BCUT2D eigenvalue weighted by molar-refractivity contribution is 0.560. The molecule has 1 saturated heterocycles. The maximum absolute atomic E-state index is 4.61. The summed E-state index contributed by atoms with van der Waals surface area (Å²) in [6.07, 6.45) is 12.9. The Morgan fingerprint density at radius 2 is 1.53 bits per heavy atom. The molecule has 0 aliphatic carbocycles. The van der Waals surface area contributed by atoms with Crippen LogP contribution >= 0.6 is 40.5 Å². The fourth-order valence-corrected chi connectivity index (χ4v) is 12.4. The lowest BCUT2D eigenvalue weighted by Crippen LogP contribution is -2.10. The lowest BCUT2D eigenvalue weighted by Gasteiger charge is -2.12. The van der Waals surface area contributed by atoms with Gasteiger partial charge >= 0.3 is 0 Å². The van der Waals surface area contributed by atoms with Crippen LogP contribution in [0.1, 0.15) is 71.6 Å². The molecule has 3 unspecified atom stereocenters. The van der Waals surface area contributed by atoms with Crippen LogP contribution in [-0.2, 0) is 0 Å². The van der Waals surface area contributed by atoms with Crippen LogP contribution in [-0.4, -0.2) is 10.5 Å². The second kappa shape index (κ2) is 10.3. The highest BCUT2D eigenvalue weighted by molar-refractivity contribution is 9.10. The largest absolute Gasteiger partial charge is 0.130 e. The Morgan fingerprint density at radius 3 is 2.06 bits per heavy atom. The Balaban J connectivity index is 1.87. The summed E-state index contributed by atoms with van der Waals surface area (Å²) >= 11 is 8.85. The zero-order chi connectivity index (χ0) is 12.5. The fraction of sp³-hybridized carbons (Fsp3) is 1.00.